The summed E-state index contributed by atoms with van der Waals surface area (Å²) >= 11 is 2.09. The van der Waals surface area contributed by atoms with Crippen molar-refractivity contribution in [1.29, 1.82) is 0 Å². The molecule has 1 aliphatic heterocycles. The van der Waals surface area contributed by atoms with Crippen molar-refractivity contribution in [2.75, 3.05) is 30.2 Å². The molecule has 0 amide bonds. The second-order valence-corrected chi connectivity index (χ2v) is 12.5. The lowest BCUT2D eigenvalue weighted by molar-refractivity contribution is 0.0538. The number of anilines is 2. The molecule has 0 saturated heterocycles. The van der Waals surface area contributed by atoms with E-state index in [0.717, 1.165) is 41.9 Å². The fourth-order valence-electron chi connectivity index (χ4n) is 4.18. The molecule has 0 aromatic carbocycles. The highest BCUT2D eigenvalue weighted by molar-refractivity contribution is 8.76. The van der Waals surface area contributed by atoms with Crippen molar-refractivity contribution in [2.24, 2.45) is 0 Å². The van der Waals surface area contributed by atoms with Crippen LogP contribution in [-0.4, -0.2) is 67.4 Å². The average Bonchev–Trinajstić information content (AvgIpc) is 3.45. The first-order chi connectivity index (χ1) is 17.9. The van der Waals surface area contributed by atoms with Crippen molar-refractivity contribution in [1.82, 2.24) is 29.9 Å². The summed E-state index contributed by atoms with van der Waals surface area (Å²) in [6.45, 7) is 4.26. The van der Waals surface area contributed by atoms with Crippen molar-refractivity contribution >= 4 is 76.6 Å². The molecule has 4 aromatic rings. The second kappa shape index (κ2) is 11.2. The second-order valence-electron chi connectivity index (χ2n) is 8.51. The van der Waals surface area contributed by atoms with Crippen LogP contribution in [0.15, 0.2) is 19.9 Å². The van der Waals surface area contributed by atoms with E-state index < -0.39 is 0 Å². The Morgan fingerprint density at radius 1 is 0.973 bits per heavy atom. The number of fused-ring (bicyclic) bond motifs is 8. The Labute approximate surface area is 227 Å². The Morgan fingerprint density at radius 2 is 1.57 bits per heavy atom. The molecule has 0 spiro atoms. The van der Waals surface area contributed by atoms with Gasteiger partial charge in [-0.15, -0.1) is 0 Å². The lowest BCUT2D eigenvalue weighted by Gasteiger charge is -2.34. The Hall–Kier alpha value is -2.24. The number of nitrogens with zero attached hydrogens (tertiary/aromatic N) is 6. The zero-order chi connectivity index (χ0) is 26.1. The number of nitrogens with one attached hydrogen (secondary N) is 2. The predicted molar refractivity (Wildman–Crippen MR) is 149 cm³/mol. The molecule has 0 fully saturated rings. The highest BCUT2D eigenvalue weighted by Crippen LogP contribution is 2.39. The van der Waals surface area contributed by atoms with Gasteiger partial charge in [0, 0.05) is 7.05 Å². The monoisotopic (exact) mass is 582 g/mol. The Balaban J connectivity index is 1.69. The van der Waals surface area contributed by atoms with Gasteiger partial charge >= 0.3 is 9.75 Å². The summed E-state index contributed by atoms with van der Waals surface area (Å²) in [5.41, 5.74) is 0.881. The number of likely N-dealkylation sites (N-methyl/N-ethyl adjacent to an activating group) is 1. The van der Waals surface area contributed by atoms with Crippen LogP contribution < -0.4 is 19.7 Å². The van der Waals surface area contributed by atoms with Crippen molar-refractivity contribution < 1.29 is 9.94 Å². The highest BCUT2D eigenvalue weighted by Gasteiger charge is 2.29. The number of rotatable bonds is 6. The number of hydroxylamine groups is 1. The predicted octanol–water partition coefficient (Wildman–Crippen LogP) is 3.39. The van der Waals surface area contributed by atoms with E-state index in [1.807, 2.05) is 18.9 Å². The van der Waals surface area contributed by atoms with Crippen LogP contribution in [0.3, 0.4) is 0 Å². The molecule has 2 atom stereocenters. The first-order valence-corrected chi connectivity index (χ1v) is 15.6. The van der Waals surface area contributed by atoms with Gasteiger partial charge in [0.05, 0.1) is 25.3 Å². The number of hydrogen-bond donors (Lipinski definition) is 3. The molecule has 16 heteroatoms. The topological polar surface area (TPSA) is 153 Å². The van der Waals surface area contributed by atoms with Gasteiger partial charge in [-0.3, -0.25) is 24.4 Å². The molecule has 0 radical (unpaired) electrons. The number of hydrogen-bond acceptors (Lipinski definition) is 14. The van der Waals surface area contributed by atoms with E-state index in [2.05, 4.69) is 26.9 Å². The van der Waals surface area contributed by atoms with E-state index in [4.69, 9.17) is 14.8 Å². The van der Waals surface area contributed by atoms with Crippen molar-refractivity contribution in [3.8, 4) is 0 Å². The summed E-state index contributed by atoms with van der Waals surface area (Å²) in [7, 11) is 4.44. The van der Waals surface area contributed by atoms with Gasteiger partial charge in [0.2, 0.25) is 10.3 Å². The maximum atomic E-state index is 12.3. The lowest BCUT2D eigenvalue weighted by Crippen LogP contribution is -2.44. The van der Waals surface area contributed by atoms with Crippen LogP contribution in [-0.2, 0) is 4.84 Å². The van der Waals surface area contributed by atoms with Gasteiger partial charge in [0.15, 0.2) is 22.9 Å². The standard InChI is InChI=1S/C21H26N8O4S4/c1-4-6-10(8-30)29-17-13-15(25-21(32)35-13)23-19(27-17)37-36-18-22-14-12(34-20(31)24-14)16(26-18)28(3)11(7-5-2)9-33-29/h10-11,30H,4-9H2,1-3H3,(H,22,24,26,31)(H,23,25,27,32)/t10-,11-/m1/s1. The van der Waals surface area contributed by atoms with Gasteiger partial charge in [-0.25, -0.2) is 25.0 Å². The van der Waals surface area contributed by atoms with Gasteiger partial charge in [-0.05, 0) is 34.4 Å². The largest absolute Gasteiger partial charge is 0.394 e. The van der Waals surface area contributed by atoms with Crippen LogP contribution >= 0.6 is 44.3 Å². The van der Waals surface area contributed by atoms with Gasteiger partial charge < -0.3 is 10.0 Å². The summed E-state index contributed by atoms with van der Waals surface area (Å²) in [5, 5.41) is 12.8. The minimum absolute atomic E-state index is 0.100. The molecule has 1 aliphatic rings. The van der Waals surface area contributed by atoms with Crippen LogP contribution in [0.4, 0.5) is 11.6 Å². The van der Waals surface area contributed by atoms with E-state index in [1.54, 1.807) is 5.06 Å². The van der Waals surface area contributed by atoms with Crippen LogP contribution in [0.2, 0.25) is 0 Å². The molecule has 37 heavy (non-hydrogen) atoms. The first kappa shape index (κ1) is 26.4. The van der Waals surface area contributed by atoms with Crippen LogP contribution in [0, 0.1) is 0 Å². The van der Waals surface area contributed by atoms with Crippen molar-refractivity contribution in [3.05, 3.63) is 19.3 Å². The molecule has 5 heterocycles. The summed E-state index contributed by atoms with van der Waals surface area (Å²) in [5.74, 6) is 1.09. The molecule has 198 valence electrons. The number of aromatic nitrogens is 6. The maximum absolute atomic E-state index is 12.3. The fourth-order valence-corrected chi connectivity index (χ4v) is 7.29. The summed E-state index contributed by atoms with van der Waals surface area (Å²) in [6.07, 6.45) is 3.18. The van der Waals surface area contributed by atoms with E-state index >= 15 is 0 Å². The minimum atomic E-state index is -0.369. The number of aromatic amines is 2. The van der Waals surface area contributed by atoms with Crippen LogP contribution in [0.5, 0.6) is 0 Å². The third-order valence-electron chi connectivity index (χ3n) is 5.96. The minimum Gasteiger partial charge on any atom is -0.394 e. The molecule has 5 rings (SSSR count). The Bertz CT molecular complexity index is 1520. The number of aliphatic hydroxyl groups is 1. The van der Waals surface area contributed by atoms with E-state index in [1.165, 1.54) is 21.6 Å². The quantitative estimate of drug-likeness (QED) is 0.226. The van der Waals surface area contributed by atoms with Gasteiger partial charge in [-0.2, -0.15) is 0 Å². The Kier molecular flexibility index (Phi) is 8.02. The molecular weight excluding hydrogens is 557 g/mol. The van der Waals surface area contributed by atoms with Crippen LogP contribution in [0.25, 0.3) is 20.7 Å². The smallest absolute Gasteiger partial charge is 0.306 e. The summed E-state index contributed by atoms with van der Waals surface area (Å²) in [4.78, 5) is 56.7. The van der Waals surface area contributed by atoms with Crippen molar-refractivity contribution in [2.45, 2.75) is 61.9 Å². The van der Waals surface area contributed by atoms with Gasteiger partial charge in [0.25, 0.3) is 0 Å². The van der Waals surface area contributed by atoms with Gasteiger partial charge in [0.1, 0.15) is 9.40 Å². The molecule has 0 unspecified atom stereocenters. The number of H-pyrrole nitrogens is 2. The number of aliphatic hydroxyl groups excluding tert-OH is 1. The van der Waals surface area contributed by atoms with E-state index in [0.29, 0.717) is 49.1 Å². The SMILES string of the molecule is CCC[C@@H]1CON([C@@H](CO)CCC)c2nc(nc3[nH]c(=O)sc23)SSc2nc(c3sc(=O)[nH]c3n2)N1C. The third-order valence-corrected chi connectivity index (χ3v) is 9.58. The first-order valence-electron chi connectivity index (χ1n) is 11.8. The Morgan fingerprint density at radius 3 is 2.14 bits per heavy atom. The average molecular weight is 583 g/mol. The third kappa shape index (κ3) is 5.35. The fraction of sp³-hybridized carbons (Fsp3) is 0.524. The molecule has 3 N–H and O–H groups in total. The maximum Gasteiger partial charge on any atom is 0.306 e. The molecule has 4 bridgehead atoms. The van der Waals surface area contributed by atoms with Crippen LogP contribution in [0.1, 0.15) is 39.5 Å². The molecule has 12 nitrogen and oxygen atoms in total. The van der Waals surface area contributed by atoms with Gasteiger partial charge in [-0.1, -0.05) is 49.4 Å². The lowest BCUT2D eigenvalue weighted by atomic mass is 10.1. The summed E-state index contributed by atoms with van der Waals surface area (Å²) in [6, 6.07) is -0.470. The highest BCUT2D eigenvalue weighted by atomic mass is 33.1. The zero-order valence-corrected chi connectivity index (χ0v) is 23.7. The molecule has 0 aliphatic carbocycles. The normalized spacial score (nSPS) is 17.6. The summed E-state index contributed by atoms with van der Waals surface area (Å²) < 4.78 is 1.25. The molecule has 0 saturated carbocycles. The molecule has 4 aromatic heterocycles. The zero-order valence-electron chi connectivity index (χ0n) is 20.4. The molecular formula is C21H26N8O4S4. The van der Waals surface area contributed by atoms with E-state index in [9.17, 15) is 14.7 Å². The van der Waals surface area contributed by atoms with E-state index in [-0.39, 0.29) is 35.0 Å². The van der Waals surface area contributed by atoms with Crippen molar-refractivity contribution in [3.63, 3.8) is 0 Å². The number of thiazole rings is 2.